The lowest BCUT2D eigenvalue weighted by molar-refractivity contribution is -0.129. The standard InChI is InChI=1S/C28H32FN7O3/c1-5-28(29)17-36(20-9-7-6-8-10-20)24-22(35(3)26(28)38)14-30-27(33-24)32-21-12-11-18(13-23(21)39-4)25(37)31-19-15-34(2)16-19/h6-14,19H,5,15-17H2,1-4H3,(H,31,37)(H,30,32,33). The first-order valence-electron chi connectivity index (χ1n) is 12.8. The highest BCUT2D eigenvalue weighted by atomic mass is 19.1. The van der Waals surface area contributed by atoms with Crippen molar-refractivity contribution in [1.82, 2.24) is 20.2 Å². The minimum Gasteiger partial charge on any atom is -0.495 e. The van der Waals surface area contributed by atoms with Crippen molar-refractivity contribution < 1.29 is 18.7 Å². The average Bonchev–Trinajstić information content (AvgIpc) is 3.02. The Balaban J connectivity index is 1.46. The highest BCUT2D eigenvalue weighted by Gasteiger charge is 2.45. The number of methoxy groups -OCH3 is 1. The average molecular weight is 534 g/mol. The summed E-state index contributed by atoms with van der Waals surface area (Å²) in [7, 11) is 5.05. The zero-order valence-corrected chi connectivity index (χ0v) is 22.4. The topological polar surface area (TPSA) is 103 Å². The summed E-state index contributed by atoms with van der Waals surface area (Å²) in [5.41, 5.74) is 0.0163. The number of carbonyl (C=O) groups is 2. The predicted molar refractivity (Wildman–Crippen MR) is 148 cm³/mol. The van der Waals surface area contributed by atoms with Crippen molar-refractivity contribution in [3.05, 3.63) is 60.3 Å². The van der Waals surface area contributed by atoms with E-state index in [2.05, 4.69) is 20.5 Å². The van der Waals surface area contributed by atoms with E-state index in [9.17, 15) is 9.59 Å². The third-order valence-electron chi connectivity index (χ3n) is 7.20. The maximum absolute atomic E-state index is 15.9. The smallest absolute Gasteiger partial charge is 0.266 e. The minimum absolute atomic E-state index is 0.0145. The maximum Gasteiger partial charge on any atom is 0.266 e. The number of nitrogens with zero attached hydrogens (tertiary/aromatic N) is 5. The number of alkyl halides is 1. The number of halogens is 1. The molecule has 3 aromatic rings. The number of ether oxygens (including phenoxy) is 1. The van der Waals surface area contributed by atoms with E-state index in [4.69, 9.17) is 9.72 Å². The first-order chi connectivity index (χ1) is 18.7. The fraction of sp³-hybridized carbons (Fsp3) is 0.357. The molecule has 204 valence electrons. The number of amides is 2. The summed E-state index contributed by atoms with van der Waals surface area (Å²) in [6, 6.07) is 14.5. The van der Waals surface area contributed by atoms with Crippen LogP contribution in [0.2, 0.25) is 0 Å². The SMILES string of the molecule is CCC1(F)CN(c2ccccc2)c2nc(Nc3ccc(C(=O)NC4CN(C)C4)cc3OC)ncc2N(C)C1=O. The first-order valence-corrected chi connectivity index (χ1v) is 12.8. The maximum atomic E-state index is 15.9. The summed E-state index contributed by atoms with van der Waals surface area (Å²) in [4.78, 5) is 40.0. The van der Waals surface area contributed by atoms with Gasteiger partial charge < -0.3 is 30.1 Å². The molecular formula is C28H32FN7O3. The number of carbonyl (C=O) groups excluding carboxylic acids is 2. The Morgan fingerprint density at radius 2 is 1.92 bits per heavy atom. The van der Waals surface area contributed by atoms with E-state index in [0.717, 1.165) is 13.1 Å². The Labute approximate surface area is 226 Å². The fourth-order valence-corrected chi connectivity index (χ4v) is 4.86. The van der Waals surface area contributed by atoms with Gasteiger partial charge in [0.15, 0.2) is 5.82 Å². The van der Waals surface area contributed by atoms with Crippen LogP contribution in [-0.2, 0) is 4.79 Å². The monoisotopic (exact) mass is 533 g/mol. The Hall–Kier alpha value is -4.25. The minimum atomic E-state index is -2.10. The Morgan fingerprint density at radius 3 is 2.59 bits per heavy atom. The number of para-hydroxylation sites is 1. The molecule has 1 atom stereocenters. The second-order valence-corrected chi connectivity index (χ2v) is 9.94. The number of likely N-dealkylation sites (N-methyl/N-ethyl adjacent to an activating group) is 1. The van der Waals surface area contributed by atoms with E-state index >= 15 is 4.39 Å². The van der Waals surface area contributed by atoms with E-state index in [1.165, 1.54) is 25.3 Å². The Morgan fingerprint density at radius 1 is 1.18 bits per heavy atom. The molecule has 0 bridgehead atoms. The van der Waals surface area contributed by atoms with Crippen molar-refractivity contribution in [3.8, 4) is 5.75 Å². The third kappa shape index (κ3) is 5.09. The quantitative estimate of drug-likeness (QED) is 0.476. The molecule has 2 aromatic carbocycles. The second kappa shape index (κ2) is 10.5. The van der Waals surface area contributed by atoms with Gasteiger partial charge in [-0.2, -0.15) is 4.98 Å². The van der Waals surface area contributed by atoms with Crippen LogP contribution in [0, 0.1) is 0 Å². The molecule has 10 nitrogen and oxygen atoms in total. The fourth-order valence-electron chi connectivity index (χ4n) is 4.86. The van der Waals surface area contributed by atoms with Crippen molar-refractivity contribution in [2.45, 2.75) is 25.1 Å². The van der Waals surface area contributed by atoms with Crippen molar-refractivity contribution in [2.75, 3.05) is 56.0 Å². The van der Waals surface area contributed by atoms with Crippen LogP contribution in [0.5, 0.6) is 5.75 Å². The van der Waals surface area contributed by atoms with Gasteiger partial charge in [-0.15, -0.1) is 0 Å². The molecule has 0 spiro atoms. The van der Waals surface area contributed by atoms with E-state index in [1.807, 2.05) is 37.4 Å². The van der Waals surface area contributed by atoms with Gasteiger partial charge in [0.2, 0.25) is 11.6 Å². The number of anilines is 5. The molecule has 1 fully saturated rings. The number of rotatable bonds is 7. The van der Waals surface area contributed by atoms with Crippen LogP contribution in [-0.4, -0.2) is 79.2 Å². The van der Waals surface area contributed by atoms with Crippen LogP contribution in [0.15, 0.2) is 54.7 Å². The summed E-state index contributed by atoms with van der Waals surface area (Å²) < 4.78 is 21.5. The number of benzene rings is 2. The summed E-state index contributed by atoms with van der Waals surface area (Å²) in [5, 5.41) is 6.17. The molecule has 1 saturated heterocycles. The molecule has 2 aliphatic rings. The molecule has 0 saturated carbocycles. The molecule has 39 heavy (non-hydrogen) atoms. The lowest BCUT2D eigenvalue weighted by Gasteiger charge is -2.36. The van der Waals surface area contributed by atoms with Gasteiger partial charge in [0.05, 0.1) is 31.6 Å². The van der Waals surface area contributed by atoms with Crippen molar-refractivity contribution in [1.29, 1.82) is 0 Å². The largest absolute Gasteiger partial charge is 0.495 e. The van der Waals surface area contributed by atoms with Gasteiger partial charge in [0.1, 0.15) is 11.4 Å². The molecule has 3 heterocycles. The zero-order valence-electron chi connectivity index (χ0n) is 22.4. The number of aromatic nitrogens is 2. The van der Waals surface area contributed by atoms with Crippen molar-refractivity contribution in [2.24, 2.45) is 0 Å². The highest BCUT2D eigenvalue weighted by molar-refractivity contribution is 6.03. The predicted octanol–water partition coefficient (Wildman–Crippen LogP) is 3.51. The van der Waals surface area contributed by atoms with Crippen LogP contribution in [0.4, 0.5) is 33.2 Å². The van der Waals surface area contributed by atoms with Gasteiger partial charge in [-0.25, -0.2) is 9.37 Å². The summed E-state index contributed by atoms with van der Waals surface area (Å²) in [5.74, 6) is 0.247. The Kier molecular flexibility index (Phi) is 7.09. The van der Waals surface area contributed by atoms with Gasteiger partial charge in [0, 0.05) is 31.4 Å². The van der Waals surface area contributed by atoms with Gasteiger partial charge in [-0.1, -0.05) is 25.1 Å². The van der Waals surface area contributed by atoms with Crippen LogP contribution < -0.4 is 25.2 Å². The van der Waals surface area contributed by atoms with Gasteiger partial charge in [-0.3, -0.25) is 9.59 Å². The molecule has 11 heteroatoms. The molecule has 2 N–H and O–H groups in total. The molecule has 2 amide bonds. The summed E-state index contributed by atoms with van der Waals surface area (Å²) >= 11 is 0. The van der Waals surface area contributed by atoms with Gasteiger partial charge in [0.25, 0.3) is 11.8 Å². The van der Waals surface area contributed by atoms with Crippen LogP contribution >= 0.6 is 0 Å². The summed E-state index contributed by atoms with van der Waals surface area (Å²) in [6.45, 7) is 3.11. The highest BCUT2D eigenvalue weighted by Crippen LogP contribution is 2.40. The number of hydrogen-bond donors (Lipinski definition) is 2. The molecule has 5 rings (SSSR count). The van der Waals surface area contributed by atoms with Crippen molar-refractivity contribution in [3.63, 3.8) is 0 Å². The van der Waals surface area contributed by atoms with Crippen molar-refractivity contribution >= 4 is 40.6 Å². The molecule has 1 aromatic heterocycles. The zero-order chi connectivity index (χ0) is 27.7. The number of likely N-dealkylation sites (tertiary alicyclic amines) is 1. The molecule has 0 aliphatic carbocycles. The number of fused-ring (bicyclic) bond motifs is 1. The van der Waals surface area contributed by atoms with Gasteiger partial charge in [-0.05, 0) is 43.8 Å². The van der Waals surface area contributed by atoms with E-state index in [1.54, 1.807) is 30.0 Å². The van der Waals surface area contributed by atoms with E-state index in [-0.39, 0.29) is 30.9 Å². The molecule has 1 unspecified atom stereocenters. The lowest BCUT2D eigenvalue weighted by Crippen LogP contribution is -2.57. The normalized spacial score (nSPS) is 19.7. The van der Waals surface area contributed by atoms with Crippen LogP contribution in [0.25, 0.3) is 0 Å². The van der Waals surface area contributed by atoms with Crippen LogP contribution in [0.1, 0.15) is 23.7 Å². The third-order valence-corrected chi connectivity index (χ3v) is 7.20. The van der Waals surface area contributed by atoms with Crippen LogP contribution in [0.3, 0.4) is 0 Å². The molecule has 2 aliphatic heterocycles. The number of nitrogens with one attached hydrogen (secondary N) is 2. The second-order valence-electron chi connectivity index (χ2n) is 9.94. The lowest BCUT2D eigenvalue weighted by atomic mass is 10.0. The first kappa shape index (κ1) is 26.4. The van der Waals surface area contributed by atoms with E-state index < -0.39 is 11.6 Å². The Bertz CT molecular complexity index is 1380. The van der Waals surface area contributed by atoms with Gasteiger partial charge >= 0.3 is 0 Å². The summed E-state index contributed by atoms with van der Waals surface area (Å²) in [6.07, 6.45) is 1.52. The van der Waals surface area contributed by atoms with E-state index in [0.29, 0.717) is 34.2 Å². The molecular weight excluding hydrogens is 501 g/mol. The number of hydrogen-bond acceptors (Lipinski definition) is 8. The molecule has 0 radical (unpaired) electrons.